The number of carbonyl (C=O) groups is 3. The largest absolute Gasteiger partial charge is 0.444 e. The molecule has 2 atom stereocenters. The smallest absolute Gasteiger partial charge is 0.410 e. The van der Waals surface area contributed by atoms with Crippen LogP contribution in [0.1, 0.15) is 64.2 Å². The summed E-state index contributed by atoms with van der Waals surface area (Å²) in [6, 6.07) is -0.757. The van der Waals surface area contributed by atoms with Crippen molar-refractivity contribution in [3.63, 3.8) is 0 Å². The van der Waals surface area contributed by atoms with Gasteiger partial charge in [-0.1, -0.05) is 5.21 Å². The molecule has 0 spiro atoms. The molecule has 2 saturated heterocycles. The molecule has 25 heavy (non-hydrogen) atoms. The van der Waals surface area contributed by atoms with Gasteiger partial charge in [-0.25, -0.2) is 9.48 Å². The second-order valence-electron chi connectivity index (χ2n) is 7.42. The SMILES string of the molecule is CC(C)(C)OC(=O)N1CCCC1c1cn(C2CCC(=O)NC2=O)nn1. The molecule has 0 radical (unpaired) electrons. The molecule has 1 aromatic heterocycles. The molecule has 2 unspecified atom stereocenters. The van der Waals surface area contributed by atoms with Gasteiger partial charge in [0.15, 0.2) is 0 Å². The summed E-state index contributed by atoms with van der Waals surface area (Å²) in [7, 11) is 0. The van der Waals surface area contributed by atoms with Gasteiger partial charge in [-0.2, -0.15) is 0 Å². The van der Waals surface area contributed by atoms with Gasteiger partial charge in [0.2, 0.25) is 5.91 Å². The number of carbonyl (C=O) groups excluding carboxylic acids is 3. The maximum atomic E-state index is 12.4. The van der Waals surface area contributed by atoms with Gasteiger partial charge < -0.3 is 4.74 Å². The van der Waals surface area contributed by atoms with Crippen LogP contribution in [0.5, 0.6) is 0 Å². The first-order valence-corrected chi connectivity index (χ1v) is 8.49. The van der Waals surface area contributed by atoms with Gasteiger partial charge in [0.1, 0.15) is 17.3 Å². The predicted octanol–water partition coefficient (Wildman–Crippen LogP) is 1.33. The van der Waals surface area contributed by atoms with Crippen LogP contribution in [0.15, 0.2) is 6.20 Å². The van der Waals surface area contributed by atoms with E-state index in [1.807, 2.05) is 20.8 Å². The number of likely N-dealkylation sites (tertiary alicyclic amines) is 1. The van der Waals surface area contributed by atoms with Crippen molar-refractivity contribution < 1.29 is 19.1 Å². The van der Waals surface area contributed by atoms with Gasteiger partial charge in [0, 0.05) is 13.0 Å². The average molecular weight is 349 g/mol. The summed E-state index contributed by atoms with van der Waals surface area (Å²) in [6.07, 6.45) is 3.62. The molecule has 0 saturated carbocycles. The summed E-state index contributed by atoms with van der Waals surface area (Å²) in [6.45, 7) is 6.09. The number of hydrogen-bond donors (Lipinski definition) is 1. The highest BCUT2D eigenvalue weighted by molar-refractivity contribution is 5.99. The molecule has 3 heterocycles. The third kappa shape index (κ3) is 3.80. The van der Waals surface area contributed by atoms with Crippen molar-refractivity contribution in [2.75, 3.05) is 6.54 Å². The normalized spacial score (nSPS) is 24.4. The topological polar surface area (TPSA) is 106 Å². The van der Waals surface area contributed by atoms with Gasteiger partial charge in [-0.3, -0.25) is 19.8 Å². The molecule has 3 rings (SSSR count). The number of nitrogens with zero attached hydrogens (tertiary/aromatic N) is 4. The Morgan fingerprint density at radius 1 is 1.28 bits per heavy atom. The summed E-state index contributed by atoms with van der Waals surface area (Å²) in [5.74, 6) is -0.642. The molecule has 9 heteroatoms. The minimum atomic E-state index is -0.561. The first-order chi connectivity index (χ1) is 11.7. The number of ether oxygens (including phenoxy) is 1. The summed E-state index contributed by atoms with van der Waals surface area (Å²) in [5, 5.41) is 10.5. The first kappa shape index (κ1) is 17.4. The fraction of sp³-hybridized carbons (Fsp3) is 0.688. The second-order valence-corrected chi connectivity index (χ2v) is 7.42. The Kier molecular flexibility index (Phi) is 4.49. The first-order valence-electron chi connectivity index (χ1n) is 8.49. The molecule has 1 N–H and O–H groups in total. The Balaban J connectivity index is 1.74. The zero-order valence-corrected chi connectivity index (χ0v) is 14.7. The van der Waals surface area contributed by atoms with E-state index in [-0.39, 0.29) is 30.4 Å². The maximum absolute atomic E-state index is 12.4. The molecule has 0 aromatic carbocycles. The molecule has 2 fully saturated rings. The van der Waals surface area contributed by atoms with Crippen LogP contribution in [0.4, 0.5) is 4.79 Å². The number of nitrogens with one attached hydrogen (secondary N) is 1. The highest BCUT2D eigenvalue weighted by Crippen LogP contribution is 2.32. The summed E-state index contributed by atoms with van der Waals surface area (Å²) < 4.78 is 6.93. The lowest BCUT2D eigenvalue weighted by Gasteiger charge is -2.27. The molecule has 2 aliphatic rings. The fourth-order valence-corrected chi connectivity index (χ4v) is 3.14. The van der Waals surface area contributed by atoms with Crippen LogP contribution in [-0.4, -0.2) is 49.9 Å². The van der Waals surface area contributed by atoms with E-state index in [2.05, 4.69) is 15.6 Å². The van der Waals surface area contributed by atoms with Crippen molar-refractivity contribution >= 4 is 17.9 Å². The molecular weight excluding hydrogens is 326 g/mol. The van der Waals surface area contributed by atoms with Crippen molar-refractivity contribution in [2.24, 2.45) is 0 Å². The van der Waals surface area contributed by atoms with Crippen molar-refractivity contribution in [1.82, 2.24) is 25.2 Å². The van der Waals surface area contributed by atoms with E-state index >= 15 is 0 Å². The van der Waals surface area contributed by atoms with Crippen molar-refractivity contribution in [2.45, 2.75) is 64.1 Å². The lowest BCUT2D eigenvalue weighted by Crippen LogP contribution is -2.41. The Morgan fingerprint density at radius 2 is 2.04 bits per heavy atom. The molecule has 136 valence electrons. The Bertz CT molecular complexity index is 693. The van der Waals surface area contributed by atoms with E-state index in [1.54, 1.807) is 11.1 Å². The number of imide groups is 1. The Labute approximate surface area is 145 Å². The fourth-order valence-electron chi connectivity index (χ4n) is 3.14. The van der Waals surface area contributed by atoms with Gasteiger partial charge >= 0.3 is 6.09 Å². The van der Waals surface area contributed by atoms with Gasteiger partial charge in [0.05, 0.1) is 12.2 Å². The van der Waals surface area contributed by atoms with E-state index in [0.29, 0.717) is 18.7 Å². The van der Waals surface area contributed by atoms with Crippen molar-refractivity contribution in [3.05, 3.63) is 11.9 Å². The maximum Gasteiger partial charge on any atom is 0.410 e. The van der Waals surface area contributed by atoms with Crippen LogP contribution in [-0.2, 0) is 14.3 Å². The summed E-state index contributed by atoms with van der Waals surface area (Å²) in [5.41, 5.74) is 0.0715. The van der Waals surface area contributed by atoms with Gasteiger partial charge in [0.25, 0.3) is 5.91 Å². The van der Waals surface area contributed by atoms with E-state index in [9.17, 15) is 14.4 Å². The molecule has 2 aliphatic heterocycles. The number of amides is 3. The number of hydrogen-bond acceptors (Lipinski definition) is 6. The number of aromatic nitrogens is 3. The molecular formula is C16H23N5O4. The van der Waals surface area contributed by atoms with Gasteiger partial charge in [-0.05, 0) is 40.0 Å². The molecule has 9 nitrogen and oxygen atoms in total. The molecule has 0 aliphatic carbocycles. The van der Waals surface area contributed by atoms with Crippen molar-refractivity contribution in [3.8, 4) is 0 Å². The third-order valence-corrected chi connectivity index (χ3v) is 4.28. The zero-order valence-electron chi connectivity index (χ0n) is 14.7. The van der Waals surface area contributed by atoms with E-state index in [0.717, 1.165) is 12.8 Å². The molecule has 1 aromatic rings. The Morgan fingerprint density at radius 3 is 2.72 bits per heavy atom. The van der Waals surface area contributed by atoms with Crippen LogP contribution >= 0.6 is 0 Å². The van der Waals surface area contributed by atoms with E-state index in [1.165, 1.54) is 4.68 Å². The molecule has 3 amide bonds. The van der Waals surface area contributed by atoms with E-state index < -0.39 is 11.6 Å². The van der Waals surface area contributed by atoms with E-state index in [4.69, 9.17) is 4.74 Å². The summed E-state index contributed by atoms with van der Waals surface area (Å²) in [4.78, 5) is 37.3. The predicted molar refractivity (Wildman–Crippen MR) is 86.4 cm³/mol. The Hall–Kier alpha value is -2.45. The van der Waals surface area contributed by atoms with Crippen LogP contribution < -0.4 is 5.32 Å². The van der Waals surface area contributed by atoms with Crippen LogP contribution in [0, 0.1) is 0 Å². The van der Waals surface area contributed by atoms with Crippen molar-refractivity contribution in [1.29, 1.82) is 0 Å². The third-order valence-electron chi connectivity index (χ3n) is 4.28. The monoisotopic (exact) mass is 349 g/mol. The highest BCUT2D eigenvalue weighted by atomic mass is 16.6. The van der Waals surface area contributed by atoms with Crippen LogP contribution in [0.2, 0.25) is 0 Å². The lowest BCUT2D eigenvalue weighted by molar-refractivity contribution is -0.136. The summed E-state index contributed by atoms with van der Waals surface area (Å²) >= 11 is 0. The second kappa shape index (κ2) is 6.45. The van der Waals surface area contributed by atoms with Crippen LogP contribution in [0.3, 0.4) is 0 Å². The average Bonchev–Trinajstić information content (AvgIpc) is 3.14. The minimum absolute atomic E-state index is 0.211. The number of rotatable bonds is 2. The van der Waals surface area contributed by atoms with Gasteiger partial charge in [-0.15, -0.1) is 5.10 Å². The number of piperidine rings is 1. The minimum Gasteiger partial charge on any atom is -0.444 e. The standard InChI is InChI=1S/C16H23N5O4/c1-16(2,3)25-15(24)20-8-4-5-11(20)10-9-21(19-18-10)12-6-7-13(22)17-14(12)23/h9,11-12H,4-8H2,1-3H3,(H,17,22,23). The molecule has 0 bridgehead atoms. The highest BCUT2D eigenvalue weighted by Gasteiger charge is 2.36. The lowest BCUT2D eigenvalue weighted by atomic mass is 10.1. The zero-order chi connectivity index (χ0) is 18.2. The van der Waals surface area contributed by atoms with Crippen LogP contribution in [0.25, 0.3) is 0 Å². The quantitative estimate of drug-likeness (QED) is 0.807.